The standard InChI is InChI=1S/C19H24N2OS/c1-4-14(2)15-9-11-17(12-10-15)21-19(23)20-13-16-7-5-6-8-18(16)22-3/h5-12,14H,4,13H2,1-3H3,(H2,20,21,23). The van der Waals surface area contributed by atoms with Crippen LogP contribution in [0.3, 0.4) is 0 Å². The Labute approximate surface area is 144 Å². The van der Waals surface area contributed by atoms with Crippen molar-refractivity contribution in [1.29, 1.82) is 0 Å². The number of methoxy groups -OCH3 is 1. The average Bonchev–Trinajstić information content (AvgIpc) is 2.60. The van der Waals surface area contributed by atoms with Gasteiger partial charge < -0.3 is 15.4 Å². The highest BCUT2D eigenvalue weighted by Crippen LogP contribution is 2.20. The van der Waals surface area contributed by atoms with E-state index in [1.807, 2.05) is 24.3 Å². The van der Waals surface area contributed by atoms with Crippen LogP contribution >= 0.6 is 12.2 Å². The number of thiocarbonyl (C=S) groups is 1. The maximum Gasteiger partial charge on any atom is 0.171 e. The molecule has 4 heteroatoms. The predicted octanol–water partition coefficient (Wildman–Crippen LogP) is 4.70. The summed E-state index contributed by atoms with van der Waals surface area (Å²) < 4.78 is 5.34. The van der Waals surface area contributed by atoms with E-state index in [2.05, 4.69) is 48.7 Å². The summed E-state index contributed by atoms with van der Waals surface area (Å²) >= 11 is 5.36. The monoisotopic (exact) mass is 328 g/mol. The van der Waals surface area contributed by atoms with Crippen LogP contribution in [-0.2, 0) is 6.54 Å². The van der Waals surface area contributed by atoms with Crippen molar-refractivity contribution in [1.82, 2.24) is 5.32 Å². The highest BCUT2D eigenvalue weighted by Gasteiger charge is 2.05. The molecule has 0 saturated heterocycles. The molecular formula is C19H24N2OS. The van der Waals surface area contributed by atoms with E-state index in [-0.39, 0.29) is 0 Å². The number of anilines is 1. The summed E-state index contributed by atoms with van der Waals surface area (Å²) in [7, 11) is 1.67. The van der Waals surface area contributed by atoms with E-state index in [1.165, 1.54) is 5.56 Å². The molecule has 2 aromatic carbocycles. The van der Waals surface area contributed by atoms with E-state index in [0.29, 0.717) is 17.6 Å². The first-order valence-corrected chi connectivity index (χ1v) is 8.31. The Morgan fingerprint density at radius 1 is 1.13 bits per heavy atom. The third-order valence-corrected chi connectivity index (χ3v) is 4.23. The first kappa shape index (κ1) is 17.3. The molecule has 3 nitrogen and oxygen atoms in total. The molecule has 23 heavy (non-hydrogen) atoms. The van der Waals surface area contributed by atoms with Gasteiger partial charge >= 0.3 is 0 Å². The van der Waals surface area contributed by atoms with Gasteiger partial charge in [-0.2, -0.15) is 0 Å². The summed E-state index contributed by atoms with van der Waals surface area (Å²) in [6, 6.07) is 16.4. The van der Waals surface area contributed by atoms with Gasteiger partial charge in [-0.05, 0) is 48.3 Å². The molecule has 0 bridgehead atoms. The zero-order chi connectivity index (χ0) is 16.7. The lowest BCUT2D eigenvalue weighted by Crippen LogP contribution is -2.28. The Morgan fingerprint density at radius 2 is 1.83 bits per heavy atom. The van der Waals surface area contributed by atoms with Crippen LogP contribution in [0.25, 0.3) is 0 Å². The first-order valence-electron chi connectivity index (χ1n) is 7.90. The molecule has 0 aliphatic rings. The van der Waals surface area contributed by atoms with Crippen LogP contribution in [0.4, 0.5) is 5.69 Å². The molecule has 0 aromatic heterocycles. The fraction of sp³-hybridized carbons (Fsp3) is 0.316. The van der Waals surface area contributed by atoms with E-state index in [4.69, 9.17) is 17.0 Å². The summed E-state index contributed by atoms with van der Waals surface area (Å²) in [5.74, 6) is 1.44. The van der Waals surface area contributed by atoms with Crippen molar-refractivity contribution < 1.29 is 4.74 Å². The van der Waals surface area contributed by atoms with Gasteiger partial charge in [-0.15, -0.1) is 0 Å². The molecule has 0 aliphatic carbocycles. The molecule has 0 fully saturated rings. The van der Waals surface area contributed by atoms with Crippen molar-refractivity contribution in [3.63, 3.8) is 0 Å². The van der Waals surface area contributed by atoms with Crippen molar-refractivity contribution >= 4 is 23.0 Å². The van der Waals surface area contributed by atoms with Gasteiger partial charge in [0.05, 0.1) is 7.11 Å². The first-order chi connectivity index (χ1) is 11.1. The molecule has 122 valence electrons. The zero-order valence-electron chi connectivity index (χ0n) is 13.9. The van der Waals surface area contributed by atoms with Gasteiger partial charge in [0.15, 0.2) is 5.11 Å². The Balaban J connectivity index is 1.89. The van der Waals surface area contributed by atoms with Crippen molar-refractivity contribution in [3.8, 4) is 5.75 Å². The Kier molecular flexibility index (Phi) is 6.41. The SMILES string of the molecule is CCC(C)c1ccc(NC(=S)NCc2ccccc2OC)cc1. The van der Waals surface area contributed by atoms with Gasteiger partial charge in [0, 0.05) is 17.8 Å². The van der Waals surface area contributed by atoms with Crippen molar-refractivity contribution in [2.75, 3.05) is 12.4 Å². The molecule has 0 heterocycles. The van der Waals surface area contributed by atoms with Crippen LogP contribution < -0.4 is 15.4 Å². The molecule has 2 rings (SSSR count). The van der Waals surface area contributed by atoms with E-state index in [9.17, 15) is 0 Å². The molecule has 1 unspecified atom stereocenters. The smallest absolute Gasteiger partial charge is 0.171 e. The van der Waals surface area contributed by atoms with Gasteiger partial charge in [-0.1, -0.05) is 44.2 Å². The minimum atomic E-state index is 0.583. The number of benzene rings is 2. The maximum atomic E-state index is 5.36. The van der Waals surface area contributed by atoms with E-state index >= 15 is 0 Å². The van der Waals surface area contributed by atoms with Crippen LogP contribution in [0.2, 0.25) is 0 Å². The lowest BCUT2D eigenvalue weighted by atomic mass is 9.99. The Bertz CT molecular complexity index is 640. The number of nitrogens with one attached hydrogen (secondary N) is 2. The Hall–Kier alpha value is -2.07. The van der Waals surface area contributed by atoms with E-state index in [0.717, 1.165) is 23.4 Å². The van der Waals surface area contributed by atoms with Gasteiger partial charge in [0.25, 0.3) is 0 Å². The lowest BCUT2D eigenvalue weighted by molar-refractivity contribution is 0.409. The summed E-state index contributed by atoms with van der Waals surface area (Å²) in [5, 5.41) is 7.03. The highest BCUT2D eigenvalue weighted by molar-refractivity contribution is 7.80. The molecule has 0 aliphatic heterocycles. The number of ether oxygens (including phenoxy) is 1. The number of para-hydroxylation sites is 1. The molecule has 0 saturated carbocycles. The summed E-state index contributed by atoms with van der Waals surface area (Å²) in [6.45, 7) is 5.07. The van der Waals surface area contributed by atoms with E-state index in [1.54, 1.807) is 7.11 Å². The number of hydrogen-bond acceptors (Lipinski definition) is 2. The topological polar surface area (TPSA) is 33.3 Å². The summed E-state index contributed by atoms with van der Waals surface area (Å²) in [6.07, 6.45) is 1.14. The number of rotatable bonds is 6. The maximum absolute atomic E-state index is 5.36. The van der Waals surface area contributed by atoms with Gasteiger partial charge in [0.1, 0.15) is 5.75 Å². The molecule has 0 spiro atoms. The molecule has 1 atom stereocenters. The van der Waals surface area contributed by atoms with Crippen molar-refractivity contribution in [2.24, 2.45) is 0 Å². The van der Waals surface area contributed by atoms with Crippen molar-refractivity contribution in [2.45, 2.75) is 32.7 Å². The molecule has 2 aromatic rings. The second-order valence-corrected chi connectivity index (χ2v) is 5.96. The third-order valence-electron chi connectivity index (χ3n) is 3.98. The fourth-order valence-electron chi connectivity index (χ4n) is 2.33. The summed E-state index contributed by atoms with van der Waals surface area (Å²) in [5.41, 5.74) is 3.42. The highest BCUT2D eigenvalue weighted by atomic mass is 32.1. The minimum Gasteiger partial charge on any atom is -0.496 e. The van der Waals surface area contributed by atoms with E-state index < -0.39 is 0 Å². The average molecular weight is 328 g/mol. The second kappa shape index (κ2) is 8.53. The van der Waals surface area contributed by atoms with Gasteiger partial charge in [-0.3, -0.25) is 0 Å². The molecular weight excluding hydrogens is 304 g/mol. The summed E-state index contributed by atoms with van der Waals surface area (Å²) in [4.78, 5) is 0. The Morgan fingerprint density at radius 3 is 2.48 bits per heavy atom. The normalized spacial score (nSPS) is 11.6. The second-order valence-electron chi connectivity index (χ2n) is 5.55. The van der Waals surface area contributed by atoms with Crippen LogP contribution in [0.5, 0.6) is 5.75 Å². The molecule has 2 N–H and O–H groups in total. The van der Waals surface area contributed by atoms with Gasteiger partial charge in [0.2, 0.25) is 0 Å². The van der Waals surface area contributed by atoms with Crippen LogP contribution in [0, 0.1) is 0 Å². The third kappa shape index (κ3) is 4.96. The zero-order valence-corrected chi connectivity index (χ0v) is 14.7. The van der Waals surface area contributed by atoms with Crippen LogP contribution in [0.15, 0.2) is 48.5 Å². The molecule has 0 amide bonds. The minimum absolute atomic E-state index is 0.583. The lowest BCUT2D eigenvalue weighted by Gasteiger charge is -2.14. The van der Waals surface area contributed by atoms with Crippen LogP contribution in [0.1, 0.15) is 37.3 Å². The quantitative estimate of drug-likeness (QED) is 0.753. The van der Waals surface area contributed by atoms with Crippen LogP contribution in [-0.4, -0.2) is 12.2 Å². The molecule has 0 radical (unpaired) electrons. The fourth-order valence-corrected chi connectivity index (χ4v) is 2.52. The predicted molar refractivity (Wildman–Crippen MR) is 101 cm³/mol. The largest absolute Gasteiger partial charge is 0.496 e. The number of hydrogen-bond donors (Lipinski definition) is 2. The van der Waals surface area contributed by atoms with Gasteiger partial charge in [-0.25, -0.2) is 0 Å². The van der Waals surface area contributed by atoms with Crippen molar-refractivity contribution in [3.05, 3.63) is 59.7 Å².